The van der Waals surface area contributed by atoms with Crippen LogP contribution in [0.15, 0.2) is 23.1 Å². The smallest absolute Gasteiger partial charge is 0.322 e. The van der Waals surface area contributed by atoms with Gasteiger partial charge >= 0.3 is 5.97 Å². The van der Waals surface area contributed by atoms with Gasteiger partial charge in [-0.05, 0) is 18.2 Å². The van der Waals surface area contributed by atoms with E-state index in [2.05, 4.69) is 0 Å². The van der Waals surface area contributed by atoms with Crippen LogP contribution in [0.1, 0.15) is 0 Å². The Labute approximate surface area is 124 Å². The quantitative estimate of drug-likeness (QED) is 0.696. The van der Waals surface area contributed by atoms with Gasteiger partial charge in [0.1, 0.15) is 11.4 Å². The van der Waals surface area contributed by atoms with Crippen molar-refractivity contribution in [3.63, 3.8) is 0 Å². The third kappa shape index (κ3) is 4.97. The molecule has 0 bridgehead atoms. The molecule has 20 heavy (non-hydrogen) atoms. The topological polar surface area (TPSA) is 113 Å². The number of aliphatic carboxylic acids is 1. The van der Waals surface area contributed by atoms with E-state index in [4.69, 9.17) is 28.3 Å². The molecule has 0 radical (unpaired) electrons. The van der Waals surface area contributed by atoms with Gasteiger partial charge < -0.3 is 10.4 Å². The summed E-state index contributed by atoms with van der Waals surface area (Å²) in [6.07, 6.45) is 0. The number of halogens is 2. The first kappa shape index (κ1) is 16.7. The Morgan fingerprint density at radius 1 is 1.20 bits per heavy atom. The molecule has 3 N–H and O–H groups in total. The monoisotopic (exact) mass is 340 g/mol. The highest BCUT2D eigenvalue weighted by molar-refractivity contribution is 7.89. The molecule has 7 nitrogen and oxygen atoms in total. The fraction of sp³-hybridized carbons (Fsp3) is 0.200. The summed E-state index contributed by atoms with van der Waals surface area (Å²) in [5, 5.41) is 10.5. The van der Waals surface area contributed by atoms with Crippen molar-refractivity contribution in [1.29, 1.82) is 0 Å². The molecule has 1 aromatic rings. The molecular weight excluding hydrogens is 331 g/mol. The Kier molecular flexibility index (Phi) is 5.75. The van der Waals surface area contributed by atoms with Crippen molar-refractivity contribution >= 4 is 45.1 Å². The molecule has 10 heteroatoms. The van der Waals surface area contributed by atoms with Gasteiger partial charge in [0.2, 0.25) is 15.9 Å². The first-order chi connectivity index (χ1) is 9.22. The van der Waals surface area contributed by atoms with Gasteiger partial charge in [-0.1, -0.05) is 23.2 Å². The van der Waals surface area contributed by atoms with E-state index in [1.807, 2.05) is 10.0 Å². The normalized spacial score (nSPS) is 11.1. The van der Waals surface area contributed by atoms with E-state index in [9.17, 15) is 18.0 Å². The van der Waals surface area contributed by atoms with Gasteiger partial charge in [0.15, 0.2) is 0 Å². The van der Waals surface area contributed by atoms with Crippen molar-refractivity contribution in [3.8, 4) is 0 Å². The van der Waals surface area contributed by atoms with Crippen molar-refractivity contribution < 1.29 is 23.1 Å². The molecule has 0 aromatic heterocycles. The number of carbonyl (C=O) groups is 2. The maximum absolute atomic E-state index is 11.9. The maximum Gasteiger partial charge on any atom is 0.322 e. The van der Waals surface area contributed by atoms with Gasteiger partial charge in [-0.3, -0.25) is 9.59 Å². The predicted molar refractivity (Wildman–Crippen MR) is 72.3 cm³/mol. The third-order valence-electron chi connectivity index (χ3n) is 2.04. The summed E-state index contributed by atoms with van der Waals surface area (Å²) in [5.41, 5.74) is 0. The standard InChI is InChI=1S/C10H10Cl2N2O5S/c11-6-1-2-7(12)8(3-6)20(18,19)14-4-9(15)13-5-10(16)17/h1-3,14H,4-5H2,(H,13,15)(H,16,17). The first-order valence-electron chi connectivity index (χ1n) is 5.15. The molecule has 1 aromatic carbocycles. The molecule has 110 valence electrons. The zero-order chi connectivity index (χ0) is 15.3. The van der Waals surface area contributed by atoms with Crippen molar-refractivity contribution in [1.82, 2.24) is 10.0 Å². The van der Waals surface area contributed by atoms with Crippen molar-refractivity contribution in [3.05, 3.63) is 28.2 Å². The number of rotatable bonds is 6. The molecule has 0 saturated heterocycles. The molecular formula is C10H10Cl2N2O5S. The second-order valence-electron chi connectivity index (χ2n) is 3.57. The van der Waals surface area contributed by atoms with Crippen molar-refractivity contribution in [2.24, 2.45) is 0 Å². The molecule has 0 unspecified atom stereocenters. The van der Waals surface area contributed by atoms with Gasteiger partial charge in [-0.15, -0.1) is 0 Å². The number of sulfonamides is 1. The number of carbonyl (C=O) groups excluding carboxylic acids is 1. The van der Waals surface area contributed by atoms with Gasteiger partial charge in [0.25, 0.3) is 0 Å². The highest BCUT2D eigenvalue weighted by Gasteiger charge is 2.19. The van der Waals surface area contributed by atoms with E-state index in [0.29, 0.717) is 0 Å². The molecule has 0 aliphatic rings. The van der Waals surface area contributed by atoms with E-state index in [-0.39, 0.29) is 14.9 Å². The Hall–Kier alpha value is -1.35. The van der Waals surface area contributed by atoms with Gasteiger partial charge in [-0.25, -0.2) is 13.1 Å². The van der Waals surface area contributed by atoms with Crippen molar-refractivity contribution in [2.75, 3.05) is 13.1 Å². The summed E-state index contributed by atoms with van der Waals surface area (Å²) < 4.78 is 25.8. The molecule has 0 heterocycles. The van der Waals surface area contributed by atoms with Crippen LogP contribution in [-0.2, 0) is 19.6 Å². The summed E-state index contributed by atoms with van der Waals surface area (Å²) >= 11 is 11.4. The van der Waals surface area contributed by atoms with Gasteiger partial charge in [0.05, 0.1) is 11.6 Å². The van der Waals surface area contributed by atoms with Crippen LogP contribution in [0, 0.1) is 0 Å². The van der Waals surface area contributed by atoms with Crippen LogP contribution in [0.5, 0.6) is 0 Å². The number of nitrogens with one attached hydrogen (secondary N) is 2. The molecule has 0 spiro atoms. The summed E-state index contributed by atoms with van der Waals surface area (Å²) in [6, 6.07) is 3.87. The minimum Gasteiger partial charge on any atom is -0.480 e. The lowest BCUT2D eigenvalue weighted by atomic mass is 10.4. The second-order valence-corrected chi connectivity index (χ2v) is 6.15. The summed E-state index contributed by atoms with van der Waals surface area (Å²) in [7, 11) is -4.02. The van der Waals surface area contributed by atoms with E-state index in [1.165, 1.54) is 12.1 Å². The fourth-order valence-corrected chi connectivity index (χ4v) is 2.90. The minimum atomic E-state index is -4.02. The van der Waals surface area contributed by atoms with Gasteiger partial charge in [0, 0.05) is 5.02 Å². The molecule has 1 amide bonds. The van der Waals surface area contributed by atoms with Crippen LogP contribution in [0.25, 0.3) is 0 Å². The van der Waals surface area contributed by atoms with Crippen molar-refractivity contribution in [2.45, 2.75) is 4.90 Å². The lowest BCUT2D eigenvalue weighted by Gasteiger charge is -2.08. The van der Waals surface area contributed by atoms with E-state index in [0.717, 1.165) is 6.07 Å². The SMILES string of the molecule is O=C(O)CNC(=O)CNS(=O)(=O)c1cc(Cl)ccc1Cl. The number of hydrogen-bond acceptors (Lipinski definition) is 4. The predicted octanol–water partition coefficient (Wildman–Crippen LogP) is 0.473. The zero-order valence-corrected chi connectivity index (χ0v) is 12.2. The minimum absolute atomic E-state index is 0.0483. The van der Waals surface area contributed by atoms with E-state index >= 15 is 0 Å². The molecule has 0 aliphatic carbocycles. The van der Waals surface area contributed by atoms with Crippen LogP contribution in [0.3, 0.4) is 0 Å². The summed E-state index contributed by atoms with van der Waals surface area (Å²) in [6.45, 7) is -1.21. The fourth-order valence-electron chi connectivity index (χ4n) is 1.16. The maximum atomic E-state index is 11.9. The average Bonchev–Trinajstić information content (AvgIpc) is 2.36. The Bertz CT molecular complexity index is 633. The molecule has 0 fully saturated rings. The largest absolute Gasteiger partial charge is 0.480 e. The van der Waals surface area contributed by atoms with Crippen LogP contribution in [-0.4, -0.2) is 38.5 Å². The molecule has 0 saturated carbocycles. The summed E-state index contributed by atoms with van der Waals surface area (Å²) in [5.74, 6) is -2.02. The van der Waals surface area contributed by atoms with Crippen LogP contribution < -0.4 is 10.0 Å². The number of benzene rings is 1. The number of carboxylic acid groups (broad SMARTS) is 1. The van der Waals surface area contributed by atoms with E-state index in [1.54, 1.807) is 0 Å². The molecule has 0 atom stereocenters. The number of carboxylic acids is 1. The van der Waals surface area contributed by atoms with Crippen LogP contribution in [0.4, 0.5) is 0 Å². The Balaban J connectivity index is 2.73. The summed E-state index contributed by atoms with van der Waals surface area (Å²) in [4.78, 5) is 21.2. The lowest BCUT2D eigenvalue weighted by Crippen LogP contribution is -2.39. The highest BCUT2D eigenvalue weighted by atomic mass is 35.5. The Morgan fingerprint density at radius 2 is 1.85 bits per heavy atom. The third-order valence-corrected chi connectivity index (χ3v) is 4.16. The molecule has 0 aliphatic heterocycles. The first-order valence-corrected chi connectivity index (χ1v) is 7.39. The number of amides is 1. The van der Waals surface area contributed by atoms with Gasteiger partial charge in [-0.2, -0.15) is 0 Å². The Morgan fingerprint density at radius 3 is 2.45 bits per heavy atom. The van der Waals surface area contributed by atoms with E-state index < -0.39 is 35.0 Å². The van der Waals surface area contributed by atoms with Crippen LogP contribution >= 0.6 is 23.2 Å². The average molecular weight is 341 g/mol. The molecule has 1 rings (SSSR count). The lowest BCUT2D eigenvalue weighted by molar-refractivity contribution is -0.137. The highest BCUT2D eigenvalue weighted by Crippen LogP contribution is 2.24. The van der Waals surface area contributed by atoms with Crippen LogP contribution in [0.2, 0.25) is 10.0 Å². The second kappa shape index (κ2) is 6.89. The zero-order valence-electron chi connectivity index (χ0n) is 9.89. The number of hydrogen-bond donors (Lipinski definition) is 3.